The normalized spacial score (nSPS) is 15.0. The van der Waals surface area contributed by atoms with E-state index in [1.54, 1.807) is 11.4 Å². The number of amides is 1. The quantitative estimate of drug-likeness (QED) is 0.477. The van der Waals surface area contributed by atoms with Gasteiger partial charge in [-0.15, -0.1) is 5.10 Å². The Bertz CT molecular complexity index is 1320. The maximum absolute atomic E-state index is 13.3. The van der Waals surface area contributed by atoms with Gasteiger partial charge in [-0.25, -0.2) is 9.97 Å². The highest BCUT2D eigenvalue weighted by Crippen LogP contribution is 2.32. The monoisotopic (exact) mass is 440 g/mol. The van der Waals surface area contributed by atoms with Crippen LogP contribution in [0.1, 0.15) is 21.7 Å². The summed E-state index contributed by atoms with van der Waals surface area (Å²) in [5.74, 6) is 0.592. The molecule has 0 unspecified atom stereocenters. The molecule has 3 heterocycles. The summed E-state index contributed by atoms with van der Waals surface area (Å²) in [6.07, 6.45) is -4.58. The number of hydrogen-bond donors (Lipinski definition) is 0. The van der Waals surface area contributed by atoms with Gasteiger partial charge in [0.1, 0.15) is 5.82 Å². The Hall–Kier alpha value is -3.69. The molecule has 0 saturated carbocycles. The Balaban J connectivity index is 1.42. The zero-order valence-electron chi connectivity index (χ0n) is 17.2. The van der Waals surface area contributed by atoms with Gasteiger partial charge in [0.25, 0.3) is 5.91 Å². The van der Waals surface area contributed by atoms with Crippen molar-refractivity contribution in [3.8, 4) is 0 Å². The van der Waals surface area contributed by atoms with Crippen LogP contribution in [0.15, 0.2) is 48.5 Å². The van der Waals surface area contributed by atoms with Crippen molar-refractivity contribution in [1.82, 2.24) is 24.5 Å². The number of carbonyl (C=O) groups is 1. The third-order valence-electron chi connectivity index (χ3n) is 5.58. The number of rotatable bonds is 2. The molecule has 1 aliphatic rings. The van der Waals surface area contributed by atoms with E-state index in [2.05, 4.69) is 10.1 Å². The number of anilines is 1. The average Bonchev–Trinajstić information content (AvgIpc) is 3.19. The summed E-state index contributed by atoms with van der Waals surface area (Å²) < 4.78 is 41.7. The van der Waals surface area contributed by atoms with Crippen molar-refractivity contribution >= 4 is 28.4 Å². The highest BCUT2D eigenvalue weighted by molar-refractivity contribution is 5.96. The van der Waals surface area contributed by atoms with Crippen LogP contribution in [0.4, 0.5) is 19.1 Å². The summed E-state index contributed by atoms with van der Waals surface area (Å²) in [5, 5.41) is 5.36. The second kappa shape index (κ2) is 7.47. The van der Waals surface area contributed by atoms with Gasteiger partial charge in [-0.05, 0) is 31.2 Å². The topological polar surface area (TPSA) is 66.6 Å². The van der Waals surface area contributed by atoms with Crippen molar-refractivity contribution in [3.63, 3.8) is 0 Å². The molecule has 5 rings (SSSR count). The Morgan fingerprint density at radius 2 is 1.62 bits per heavy atom. The molecule has 2 aromatic heterocycles. The lowest BCUT2D eigenvalue weighted by molar-refractivity contribution is -0.138. The summed E-state index contributed by atoms with van der Waals surface area (Å²) in [6.45, 7) is 3.18. The molecule has 164 valence electrons. The van der Waals surface area contributed by atoms with Crippen LogP contribution in [-0.4, -0.2) is 56.6 Å². The minimum Gasteiger partial charge on any atom is -0.337 e. The first-order chi connectivity index (χ1) is 15.3. The van der Waals surface area contributed by atoms with Crippen LogP contribution in [0, 0.1) is 6.92 Å². The molecular formula is C22H19F3N6O. The van der Waals surface area contributed by atoms with Gasteiger partial charge in [0.05, 0.1) is 16.6 Å². The number of nitrogens with zero attached hydrogens (tertiary/aromatic N) is 6. The predicted molar refractivity (Wildman–Crippen MR) is 113 cm³/mol. The fraction of sp³-hybridized carbons (Fsp3) is 0.273. The lowest BCUT2D eigenvalue weighted by Crippen LogP contribution is -2.49. The zero-order valence-corrected chi connectivity index (χ0v) is 17.2. The van der Waals surface area contributed by atoms with Gasteiger partial charge < -0.3 is 9.80 Å². The molecule has 0 aliphatic carbocycles. The molecular weight excluding hydrogens is 421 g/mol. The molecule has 32 heavy (non-hydrogen) atoms. The predicted octanol–water partition coefficient (Wildman–Crippen LogP) is 3.57. The lowest BCUT2D eigenvalue weighted by Gasteiger charge is -2.35. The van der Waals surface area contributed by atoms with Crippen molar-refractivity contribution < 1.29 is 18.0 Å². The largest absolute Gasteiger partial charge is 0.417 e. The van der Waals surface area contributed by atoms with Crippen molar-refractivity contribution in [3.05, 3.63) is 65.5 Å². The number of para-hydroxylation sites is 1. The van der Waals surface area contributed by atoms with E-state index >= 15 is 0 Å². The number of piperazine rings is 1. The summed E-state index contributed by atoms with van der Waals surface area (Å²) in [4.78, 5) is 25.6. The van der Waals surface area contributed by atoms with Crippen LogP contribution in [0.25, 0.3) is 16.6 Å². The first-order valence-electron chi connectivity index (χ1n) is 10.2. The first-order valence-corrected chi connectivity index (χ1v) is 10.2. The van der Waals surface area contributed by atoms with E-state index in [4.69, 9.17) is 4.98 Å². The van der Waals surface area contributed by atoms with Gasteiger partial charge in [-0.1, -0.05) is 24.3 Å². The van der Waals surface area contributed by atoms with E-state index in [1.165, 1.54) is 23.1 Å². The summed E-state index contributed by atoms with van der Waals surface area (Å²) >= 11 is 0. The molecule has 0 radical (unpaired) electrons. The number of alkyl halides is 3. The Morgan fingerprint density at radius 1 is 0.938 bits per heavy atom. The smallest absolute Gasteiger partial charge is 0.337 e. The van der Waals surface area contributed by atoms with Gasteiger partial charge in [0.15, 0.2) is 5.65 Å². The van der Waals surface area contributed by atoms with Crippen molar-refractivity contribution in [2.24, 2.45) is 0 Å². The van der Waals surface area contributed by atoms with E-state index in [9.17, 15) is 18.0 Å². The number of aryl methyl sites for hydroxylation is 1. The second-order valence-corrected chi connectivity index (χ2v) is 7.65. The molecule has 1 fully saturated rings. The number of hydrogen-bond acceptors (Lipinski definition) is 5. The molecule has 0 N–H and O–H groups in total. The minimum absolute atomic E-state index is 0.273. The molecule has 10 heteroatoms. The van der Waals surface area contributed by atoms with Gasteiger partial charge in [-0.3, -0.25) is 4.79 Å². The maximum atomic E-state index is 13.3. The Kier molecular flexibility index (Phi) is 4.72. The Morgan fingerprint density at radius 3 is 2.38 bits per heavy atom. The summed E-state index contributed by atoms with van der Waals surface area (Å²) in [6, 6.07) is 12.5. The molecule has 0 spiro atoms. The van der Waals surface area contributed by atoms with Crippen LogP contribution in [0.3, 0.4) is 0 Å². The molecule has 1 amide bonds. The van der Waals surface area contributed by atoms with Crippen LogP contribution < -0.4 is 4.90 Å². The fourth-order valence-corrected chi connectivity index (χ4v) is 4.05. The van der Waals surface area contributed by atoms with Crippen molar-refractivity contribution in [2.45, 2.75) is 13.1 Å². The third-order valence-corrected chi connectivity index (χ3v) is 5.58. The average molecular weight is 440 g/mol. The van der Waals surface area contributed by atoms with Crippen LogP contribution in [0.2, 0.25) is 0 Å². The first kappa shape index (κ1) is 20.2. The molecule has 2 aromatic carbocycles. The van der Waals surface area contributed by atoms with E-state index in [0.29, 0.717) is 30.5 Å². The highest BCUT2D eigenvalue weighted by Gasteiger charge is 2.36. The number of carbonyl (C=O) groups excluding carboxylic acids is 1. The summed E-state index contributed by atoms with van der Waals surface area (Å²) in [5.41, 5.74) is 0.232. The van der Waals surface area contributed by atoms with Crippen LogP contribution in [0.5, 0.6) is 0 Å². The van der Waals surface area contributed by atoms with Crippen molar-refractivity contribution in [1.29, 1.82) is 0 Å². The molecule has 0 atom stereocenters. The maximum Gasteiger partial charge on any atom is 0.417 e. The van der Waals surface area contributed by atoms with Gasteiger partial charge in [0, 0.05) is 31.6 Å². The molecule has 1 aliphatic heterocycles. The lowest BCUT2D eigenvalue weighted by atomic mass is 10.1. The van der Waals surface area contributed by atoms with E-state index in [1.807, 2.05) is 29.2 Å². The van der Waals surface area contributed by atoms with E-state index < -0.39 is 17.6 Å². The highest BCUT2D eigenvalue weighted by atomic mass is 19.4. The SMILES string of the molecule is Cc1nc2c3ccccc3nc(N3CCN(C(=O)c4ccccc4C(F)(F)F)CC3)n2n1. The summed E-state index contributed by atoms with van der Waals surface area (Å²) in [7, 11) is 0. The minimum atomic E-state index is -4.58. The van der Waals surface area contributed by atoms with Gasteiger partial charge >= 0.3 is 6.18 Å². The number of halogens is 3. The third kappa shape index (κ3) is 3.41. The molecule has 1 saturated heterocycles. The zero-order chi connectivity index (χ0) is 22.5. The van der Waals surface area contributed by atoms with Crippen LogP contribution >= 0.6 is 0 Å². The molecule has 4 aromatic rings. The van der Waals surface area contributed by atoms with Crippen molar-refractivity contribution in [2.75, 3.05) is 31.1 Å². The number of benzene rings is 2. The van der Waals surface area contributed by atoms with E-state index in [0.717, 1.165) is 17.0 Å². The second-order valence-electron chi connectivity index (χ2n) is 7.65. The molecule has 7 nitrogen and oxygen atoms in total. The molecule has 0 bridgehead atoms. The number of fused-ring (bicyclic) bond motifs is 3. The van der Waals surface area contributed by atoms with Gasteiger partial charge in [0.2, 0.25) is 5.95 Å². The van der Waals surface area contributed by atoms with Gasteiger partial charge in [-0.2, -0.15) is 17.7 Å². The standard InChI is InChI=1S/C22H19F3N6O/c1-14-26-19-16-7-3-5-9-18(16)27-21(31(19)28-14)30-12-10-29(11-13-30)20(32)15-6-2-4-8-17(15)22(23,24)25/h2-9H,10-13H2,1H3. The van der Waals surface area contributed by atoms with E-state index in [-0.39, 0.29) is 18.7 Å². The fourth-order valence-electron chi connectivity index (χ4n) is 4.05. The number of aromatic nitrogens is 4. The van der Waals surface area contributed by atoms with Crippen LogP contribution in [-0.2, 0) is 6.18 Å². The Labute approximate surface area is 181 Å².